The molecule has 1 aromatic rings. The molecule has 19 heavy (non-hydrogen) atoms. The lowest BCUT2D eigenvalue weighted by atomic mass is 10.0. The van der Waals surface area contributed by atoms with E-state index in [-0.39, 0.29) is 12.1 Å². The lowest BCUT2D eigenvalue weighted by Crippen LogP contribution is -2.46. The van der Waals surface area contributed by atoms with Gasteiger partial charge in [-0.3, -0.25) is 0 Å². The number of nitrogens with zero attached hydrogens (tertiary/aromatic N) is 1. The van der Waals surface area contributed by atoms with Gasteiger partial charge in [-0.1, -0.05) is 6.08 Å². The number of H-pyrrole nitrogens is 1. The van der Waals surface area contributed by atoms with E-state index in [9.17, 15) is 4.79 Å². The fraction of sp³-hybridized carbons (Fsp3) is 0.500. The smallest absolute Gasteiger partial charge is 0.410 e. The average molecular weight is 263 g/mol. The number of rotatable bonds is 1. The summed E-state index contributed by atoms with van der Waals surface area (Å²) >= 11 is 0. The van der Waals surface area contributed by atoms with Crippen LogP contribution in [0.5, 0.6) is 0 Å². The monoisotopic (exact) mass is 263 g/mol. The van der Waals surface area contributed by atoms with Crippen LogP contribution in [0.15, 0.2) is 24.4 Å². The summed E-state index contributed by atoms with van der Waals surface area (Å²) in [5.74, 6) is 0. The highest BCUT2D eigenvalue weighted by atomic mass is 16.6. The second kappa shape index (κ2) is 5.09. The molecule has 2 heterocycles. The van der Waals surface area contributed by atoms with Crippen LogP contribution in [0.25, 0.3) is 5.57 Å². The largest absolute Gasteiger partial charge is 0.444 e. The van der Waals surface area contributed by atoms with Gasteiger partial charge in [-0.15, -0.1) is 0 Å². The third-order valence-corrected chi connectivity index (χ3v) is 2.80. The first-order valence-corrected chi connectivity index (χ1v) is 6.43. The Morgan fingerprint density at radius 3 is 2.84 bits per heavy atom. The van der Waals surface area contributed by atoms with Crippen molar-refractivity contribution in [1.29, 1.82) is 0 Å². The number of amides is 1. The molecule has 5 heteroatoms. The van der Waals surface area contributed by atoms with Gasteiger partial charge in [-0.05, 0) is 38.5 Å². The summed E-state index contributed by atoms with van der Waals surface area (Å²) in [6.07, 6.45) is 3.53. The molecule has 0 aliphatic carbocycles. The van der Waals surface area contributed by atoms with Crippen molar-refractivity contribution in [1.82, 2.24) is 9.88 Å². The van der Waals surface area contributed by atoms with Gasteiger partial charge in [0.2, 0.25) is 0 Å². The Morgan fingerprint density at radius 2 is 2.26 bits per heavy atom. The zero-order valence-electron chi connectivity index (χ0n) is 11.6. The summed E-state index contributed by atoms with van der Waals surface area (Å²) in [7, 11) is 0. The quantitative estimate of drug-likeness (QED) is 0.813. The van der Waals surface area contributed by atoms with Gasteiger partial charge in [0.05, 0.1) is 6.54 Å². The second-order valence-electron chi connectivity index (χ2n) is 5.80. The van der Waals surface area contributed by atoms with Gasteiger partial charge in [-0.25, -0.2) is 4.79 Å². The molecule has 5 nitrogen and oxygen atoms in total. The zero-order valence-corrected chi connectivity index (χ0v) is 11.6. The van der Waals surface area contributed by atoms with Gasteiger partial charge in [0.25, 0.3) is 0 Å². The normalized spacial score (nSPS) is 20.1. The van der Waals surface area contributed by atoms with E-state index in [1.165, 1.54) is 0 Å². The Bertz CT molecular complexity index is 471. The molecule has 0 radical (unpaired) electrons. The molecule has 0 saturated carbocycles. The van der Waals surface area contributed by atoms with Crippen molar-refractivity contribution in [3.8, 4) is 0 Å². The van der Waals surface area contributed by atoms with E-state index >= 15 is 0 Å². The maximum atomic E-state index is 12.1. The van der Waals surface area contributed by atoms with Gasteiger partial charge < -0.3 is 20.4 Å². The highest BCUT2D eigenvalue weighted by Gasteiger charge is 2.27. The van der Waals surface area contributed by atoms with Crippen LogP contribution in [0.2, 0.25) is 0 Å². The first-order chi connectivity index (χ1) is 8.85. The van der Waals surface area contributed by atoms with Crippen LogP contribution in [0.1, 0.15) is 26.5 Å². The van der Waals surface area contributed by atoms with E-state index in [4.69, 9.17) is 10.5 Å². The Kier molecular flexibility index (Phi) is 3.66. The summed E-state index contributed by atoms with van der Waals surface area (Å²) in [6.45, 7) is 6.58. The van der Waals surface area contributed by atoms with Gasteiger partial charge >= 0.3 is 6.09 Å². The molecule has 2 rings (SSSR count). The number of aromatic amines is 1. The Hall–Kier alpha value is -1.75. The predicted molar refractivity (Wildman–Crippen MR) is 74.6 cm³/mol. The van der Waals surface area contributed by atoms with Gasteiger partial charge in [0, 0.05) is 24.5 Å². The minimum atomic E-state index is -0.491. The number of carbonyl (C=O) groups excluding carboxylic acids is 1. The van der Waals surface area contributed by atoms with E-state index in [1.807, 2.05) is 45.2 Å². The summed E-state index contributed by atoms with van der Waals surface area (Å²) in [5, 5.41) is 0. The van der Waals surface area contributed by atoms with Crippen LogP contribution >= 0.6 is 0 Å². The van der Waals surface area contributed by atoms with Crippen molar-refractivity contribution in [2.45, 2.75) is 32.4 Å². The number of nitrogens with one attached hydrogen (secondary N) is 1. The molecule has 0 fully saturated rings. The van der Waals surface area contributed by atoms with E-state index in [0.717, 1.165) is 11.3 Å². The third-order valence-electron chi connectivity index (χ3n) is 2.80. The number of hydrogen-bond donors (Lipinski definition) is 2. The van der Waals surface area contributed by atoms with E-state index in [1.54, 1.807) is 4.90 Å². The number of hydrogen-bond acceptors (Lipinski definition) is 3. The van der Waals surface area contributed by atoms with Gasteiger partial charge in [0.15, 0.2) is 0 Å². The van der Waals surface area contributed by atoms with Gasteiger partial charge in [-0.2, -0.15) is 0 Å². The minimum absolute atomic E-state index is 0.167. The molecule has 104 valence electrons. The Morgan fingerprint density at radius 1 is 1.53 bits per heavy atom. The molecule has 1 aliphatic heterocycles. The summed E-state index contributed by atoms with van der Waals surface area (Å²) in [4.78, 5) is 16.9. The Balaban J connectivity index is 2.10. The van der Waals surface area contributed by atoms with E-state index < -0.39 is 5.60 Å². The van der Waals surface area contributed by atoms with Crippen LogP contribution in [-0.2, 0) is 4.74 Å². The number of carbonyl (C=O) groups is 1. The molecule has 1 aromatic heterocycles. The van der Waals surface area contributed by atoms with Crippen molar-refractivity contribution in [2.24, 2.45) is 5.73 Å². The molecule has 0 spiro atoms. The molecular weight excluding hydrogens is 242 g/mol. The SMILES string of the molecule is CC(C)(C)OC(=O)N1CC(c2ccc[nH]2)=CC(N)C1. The van der Waals surface area contributed by atoms with Crippen molar-refractivity contribution in [2.75, 3.05) is 13.1 Å². The number of aromatic nitrogens is 1. The topological polar surface area (TPSA) is 71.3 Å². The standard InChI is InChI=1S/C14H21N3O2/c1-14(2,3)19-13(18)17-8-10(7-11(15)9-17)12-5-4-6-16-12/h4-7,11,16H,8-9,15H2,1-3H3. The summed E-state index contributed by atoms with van der Waals surface area (Å²) < 4.78 is 5.39. The first-order valence-electron chi connectivity index (χ1n) is 6.43. The maximum absolute atomic E-state index is 12.1. The third kappa shape index (κ3) is 3.61. The van der Waals surface area contributed by atoms with Crippen LogP contribution in [-0.4, -0.2) is 40.7 Å². The molecule has 1 aliphatic rings. The molecule has 0 saturated heterocycles. The first kappa shape index (κ1) is 13.7. The minimum Gasteiger partial charge on any atom is -0.444 e. The molecule has 1 atom stereocenters. The maximum Gasteiger partial charge on any atom is 0.410 e. The molecule has 1 unspecified atom stereocenters. The van der Waals surface area contributed by atoms with Crippen molar-refractivity contribution in [3.05, 3.63) is 30.1 Å². The molecular formula is C14H21N3O2. The summed E-state index contributed by atoms with van der Waals surface area (Å²) in [6, 6.07) is 3.73. The van der Waals surface area contributed by atoms with Crippen LogP contribution in [0.4, 0.5) is 4.79 Å². The zero-order chi connectivity index (χ0) is 14.0. The van der Waals surface area contributed by atoms with E-state index in [0.29, 0.717) is 13.1 Å². The van der Waals surface area contributed by atoms with E-state index in [2.05, 4.69) is 4.98 Å². The fourth-order valence-electron chi connectivity index (χ4n) is 2.06. The van der Waals surface area contributed by atoms with Crippen LogP contribution < -0.4 is 5.73 Å². The number of nitrogens with two attached hydrogens (primary N) is 1. The fourth-order valence-corrected chi connectivity index (χ4v) is 2.06. The van der Waals surface area contributed by atoms with Crippen molar-refractivity contribution in [3.63, 3.8) is 0 Å². The highest BCUT2D eigenvalue weighted by Crippen LogP contribution is 2.20. The molecule has 0 aromatic carbocycles. The molecule has 3 N–H and O–H groups in total. The van der Waals surface area contributed by atoms with Crippen molar-refractivity contribution >= 4 is 11.7 Å². The second-order valence-corrected chi connectivity index (χ2v) is 5.80. The van der Waals surface area contributed by atoms with Crippen LogP contribution in [0.3, 0.4) is 0 Å². The highest BCUT2D eigenvalue weighted by molar-refractivity contribution is 5.75. The predicted octanol–water partition coefficient (Wildman–Crippen LogP) is 1.98. The average Bonchev–Trinajstić information content (AvgIpc) is 2.79. The summed E-state index contributed by atoms with van der Waals surface area (Å²) in [5.41, 5.74) is 7.50. The Labute approximate surface area is 113 Å². The number of ether oxygens (including phenoxy) is 1. The van der Waals surface area contributed by atoms with Crippen LogP contribution in [0, 0.1) is 0 Å². The molecule has 0 bridgehead atoms. The van der Waals surface area contributed by atoms with Gasteiger partial charge in [0.1, 0.15) is 5.60 Å². The molecule has 1 amide bonds. The lowest BCUT2D eigenvalue weighted by Gasteiger charge is -2.32. The lowest BCUT2D eigenvalue weighted by molar-refractivity contribution is 0.0265. The van der Waals surface area contributed by atoms with Crippen molar-refractivity contribution < 1.29 is 9.53 Å².